The van der Waals surface area contributed by atoms with Crippen molar-refractivity contribution in [2.75, 3.05) is 5.73 Å². The molecule has 2 N–H and O–H groups in total. The molecule has 1 heterocycles. The molecule has 158 valence electrons. The van der Waals surface area contributed by atoms with Crippen LogP contribution in [0.4, 0.5) is 11.4 Å². The molecule has 1 aliphatic heterocycles. The van der Waals surface area contributed by atoms with E-state index in [0.717, 1.165) is 44.7 Å². The molecule has 3 nitrogen and oxygen atoms in total. The van der Waals surface area contributed by atoms with Gasteiger partial charge in [0.15, 0.2) is 0 Å². The zero-order valence-corrected chi connectivity index (χ0v) is 19.1. The molecule has 0 fully saturated rings. The van der Waals surface area contributed by atoms with E-state index in [1.54, 1.807) is 11.3 Å². The molecule has 0 saturated heterocycles. The van der Waals surface area contributed by atoms with Gasteiger partial charge in [-0.25, -0.2) is 9.98 Å². The van der Waals surface area contributed by atoms with Crippen molar-refractivity contribution in [1.82, 2.24) is 4.98 Å². The number of aryl methyl sites for hydroxylation is 2. The van der Waals surface area contributed by atoms with Crippen LogP contribution in [0.1, 0.15) is 25.0 Å². The summed E-state index contributed by atoms with van der Waals surface area (Å²) in [5.41, 5.74) is 14.8. The highest BCUT2D eigenvalue weighted by Crippen LogP contribution is 2.38. The molecule has 0 unspecified atom stereocenters. The van der Waals surface area contributed by atoms with E-state index < -0.39 is 0 Å². The van der Waals surface area contributed by atoms with Crippen molar-refractivity contribution in [2.45, 2.75) is 26.7 Å². The van der Waals surface area contributed by atoms with Gasteiger partial charge in [-0.3, -0.25) is 0 Å². The summed E-state index contributed by atoms with van der Waals surface area (Å²) in [4.78, 5) is 10.8. The maximum atomic E-state index is 6.41. The van der Waals surface area contributed by atoms with Crippen LogP contribution >= 0.6 is 11.3 Å². The molecule has 4 heteroatoms. The van der Waals surface area contributed by atoms with Gasteiger partial charge in [0.25, 0.3) is 0 Å². The predicted octanol–water partition coefficient (Wildman–Crippen LogP) is 7.01. The van der Waals surface area contributed by atoms with Gasteiger partial charge in [-0.2, -0.15) is 0 Å². The van der Waals surface area contributed by atoms with Gasteiger partial charge in [0.2, 0.25) is 0 Å². The van der Waals surface area contributed by atoms with Crippen molar-refractivity contribution < 1.29 is 0 Å². The fourth-order valence-electron chi connectivity index (χ4n) is 3.93. The zero-order valence-electron chi connectivity index (χ0n) is 18.3. The molecule has 0 radical (unpaired) electrons. The molecular weight excluding hydrogens is 410 g/mol. The van der Waals surface area contributed by atoms with Gasteiger partial charge in [0.1, 0.15) is 5.69 Å². The largest absolute Gasteiger partial charge is 0.397 e. The summed E-state index contributed by atoms with van der Waals surface area (Å²) in [6.07, 6.45) is 2.06. The van der Waals surface area contributed by atoms with E-state index >= 15 is 0 Å². The highest BCUT2D eigenvalue weighted by molar-refractivity contribution is 7.22. The highest BCUT2D eigenvalue weighted by atomic mass is 32.1. The van der Waals surface area contributed by atoms with Gasteiger partial charge in [0.05, 0.1) is 31.8 Å². The van der Waals surface area contributed by atoms with Crippen molar-refractivity contribution in [3.63, 3.8) is 0 Å². The molecule has 3 aromatic rings. The number of nitrogens with zero attached hydrogens (tertiary/aromatic N) is 2. The molecule has 32 heavy (non-hydrogen) atoms. The number of nitrogen functional groups attached to an aromatic ring is 1. The Hall–Kier alpha value is -3.50. The Kier molecular flexibility index (Phi) is 5.46. The molecule has 2 aliphatic rings. The van der Waals surface area contributed by atoms with Crippen LogP contribution in [-0.4, -0.2) is 4.98 Å². The highest BCUT2D eigenvalue weighted by Gasteiger charge is 2.14. The molecule has 0 atom stereocenters. The Bertz CT molecular complexity index is 1430. The number of hydrogen-bond donors (Lipinski definition) is 1. The first-order valence-electron chi connectivity index (χ1n) is 11.0. The van der Waals surface area contributed by atoms with Crippen LogP contribution in [0.3, 0.4) is 0 Å². The standard InChI is InChI=1S/C28H25N3S/c1-3-18-8-12-20(13-9-18)23-6-5-7-25-28(23)32-26-17-22(16-24(29)27(26)31-25)30-21-14-10-19(4-2)11-15-21/h5-17H,3-4,29H2,1-2H3. The first kappa shape index (κ1) is 20.4. The number of rotatable bonds is 4. The quantitative estimate of drug-likeness (QED) is 0.244. The van der Waals surface area contributed by atoms with E-state index in [1.165, 1.54) is 22.3 Å². The van der Waals surface area contributed by atoms with Crippen molar-refractivity contribution in [3.05, 3.63) is 95.3 Å². The first-order chi connectivity index (χ1) is 15.6. The molecule has 0 aromatic heterocycles. The number of anilines is 1. The van der Waals surface area contributed by atoms with E-state index in [2.05, 4.69) is 86.6 Å². The van der Waals surface area contributed by atoms with Gasteiger partial charge < -0.3 is 5.73 Å². The van der Waals surface area contributed by atoms with Gasteiger partial charge in [-0.15, -0.1) is 11.3 Å². The Morgan fingerprint density at radius 3 is 2.22 bits per heavy atom. The van der Waals surface area contributed by atoms with E-state index in [-0.39, 0.29) is 0 Å². The molecule has 0 amide bonds. The monoisotopic (exact) mass is 435 g/mol. The van der Waals surface area contributed by atoms with Crippen LogP contribution in [0.25, 0.3) is 31.9 Å². The lowest BCUT2D eigenvalue weighted by Crippen LogP contribution is -2.06. The van der Waals surface area contributed by atoms with Crippen molar-refractivity contribution in [3.8, 4) is 21.7 Å². The van der Waals surface area contributed by atoms with Crippen molar-refractivity contribution in [1.29, 1.82) is 0 Å². The van der Waals surface area contributed by atoms with Gasteiger partial charge in [0, 0.05) is 5.56 Å². The van der Waals surface area contributed by atoms with Crippen molar-refractivity contribution >= 4 is 32.9 Å². The van der Waals surface area contributed by atoms with E-state index in [9.17, 15) is 0 Å². The van der Waals surface area contributed by atoms with Gasteiger partial charge in [-0.05, 0) is 59.9 Å². The second-order valence-corrected chi connectivity index (χ2v) is 8.98. The summed E-state index contributed by atoms with van der Waals surface area (Å²) < 4.78 is 1.16. The minimum Gasteiger partial charge on any atom is -0.397 e. The molecule has 3 aromatic carbocycles. The molecule has 5 rings (SSSR count). The smallest absolute Gasteiger partial charge is 0.104 e. The molecular formula is C28H25N3S. The van der Waals surface area contributed by atoms with Crippen molar-refractivity contribution in [2.24, 2.45) is 4.99 Å². The van der Waals surface area contributed by atoms with E-state index in [4.69, 9.17) is 15.7 Å². The van der Waals surface area contributed by atoms with Gasteiger partial charge in [-0.1, -0.05) is 62.4 Å². The molecule has 0 spiro atoms. The summed E-state index contributed by atoms with van der Waals surface area (Å²) in [6, 6.07) is 27.4. The summed E-state index contributed by atoms with van der Waals surface area (Å²) in [5.74, 6) is 0. The maximum absolute atomic E-state index is 6.41. The van der Waals surface area contributed by atoms with E-state index in [1.807, 2.05) is 6.07 Å². The summed E-state index contributed by atoms with van der Waals surface area (Å²) in [6.45, 7) is 4.33. The van der Waals surface area contributed by atoms with Crippen LogP contribution in [0, 0.1) is 0 Å². The minimum atomic E-state index is 0.655. The van der Waals surface area contributed by atoms with Gasteiger partial charge >= 0.3 is 0 Å². The average Bonchev–Trinajstić information content (AvgIpc) is 2.83. The Morgan fingerprint density at radius 1 is 0.844 bits per heavy atom. The number of hydrogen-bond acceptors (Lipinski definition) is 4. The number of benzene rings is 4. The van der Waals surface area contributed by atoms with Crippen LogP contribution in [-0.2, 0) is 12.8 Å². The summed E-state index contributed by atoms with van der Waals surface area (Å²) >= 11 is 1.73. The Morgan fingerprint density at radius 2 is 1.53 bits per heavy atom. The van der Waals surface area contributed by atoms with Crippen LogP contribution < -0.4 is 11.1 Å². The number of nitrogens with two attached hydrogens (primary N) is 1. The lowest BCUT2D eigenvalue weighted by atomic mass is 10.0. The lowest BCUT2D eigenvalue weighted by Gasteiger charge is -2.12. The molecule has 1 aliphatic carbocycles. The average molecular weight is 436 g/mol. The number of aromatic nitrogens is 1. The van der Waals surface area contributed by atoms with Crippen LogP contribution in [0.15, 0.2) is 83.9 Å². The summed E-state index contributed by atoms with van der Waals surface area (Å²) in [5, 5.41) is 0.849. The Labute approximate surface area is 192 Å². The third kappa shape index (κ3) is 3.90. The summed E-state index contributed by atoms with van der Waals surface area (Å²) in [7, 11) is 0. The van der Waals surface area contributed by atoms with Crippen LogP contribution in [0.5, 0.6) is 0 Å². The zero-order chi connectivity index (χ0) is 22.1. The topological polar surface area (TPSA) is 51.3 Å². The first-order valence-corrected chi connectivity index (χ1v) is 11.8. The lowest BCUT2D eigenvalue weighted by molar-refractivity contribution is 1.14. The normalized spacial score (nSPS) is 12.0. The molecule has 0 saturated carbocycles. The SMILES string of the molecule is CCc1ccc(N=c2cc3sc4c(-c5ccc(CC)cc5)cccc4nc-3c(N)c2)cc1. The maximum Gasteiger partial charge on any atom is 0.104 e. The van der Waals surface area contributed by atoms with Crippen LogP contribution in [0.2, 0.25) is 0 Å². The minimum absolute atomic E-state index is 0.655. The fraction of sp³-hybridized carbons (Fsp3) is 0.143. The second kappa shape index (κ2) is 8.56. The predicted molar refractivity (Wildman–Crippen MR) is 137 cm³/mol. The number of fused-ring (bicyclic) bond motifs is 2. The van der Waals surface area contributed by atoms with E-state index in [0.29, 0.717) is 5.69 Å². The third-order valence-corrected chi connectivity index (χ3v) is 6.97. The Balaban J connectivity index is 1.67. The third-order valence-electron chi connectivity index (χ3n) is 5.80. The fourth-order valence-corrected chi connectivity index (χ4v) is 5.10. The molecule has 0 bridgehead atoms. The second-order valence-electron chi connectivity index (χ2n) is 7.93.